The molecule has 2 aliphatic rings. The highest BCUT2D eigenvalue weighted by molar-refractivity contribution is 7.76. The SMILES string of the molecule is Cc1cc(Cl)n2ncnc(N3CC(CCN(NC4CC4)S(=O)[O-])C3)c12. The number of anilines is 1. The summed E-state index contributed by atoms with van der Waals surface area (Å²) in [6.45, 7) is 4.21. The lowest BCUT2D eigenvalue weighted by molar-refractivity contribution is 0.261. The first-order valence-corrected chi connectivity index (χ1v) is 9.81. The maximum Gasteiger partial charge on any atom is 0.156 e. The van der Waals surface area contributed by atoms with Gasteiger partial charge in [0.25, 0.3) is 0 Å². The van der Waals surface area contributed by atoms with Crippen LogP contribution < -0.4 is 10.3 Å². The van der Waals surface area contributed by atoms with Crippen LogP contribution in [0.1, 0.15) is 24.8 Å². The number of rotatable bonds is 7. The zero-order valence-electron chi connectivity index (χ0n) is 13.9. The van der Waals surface area contributed by atoms with Gasteiger partial charge in [0.05, 0.1) is 0 Å². The minimum atomic E-state index is -2.22. The molecular weight excluding hydrogens is 364 g/mol. The second-order valence-corrected chi connectivity index (χ2v) is 8.04. The van der Waals surface area contributed by atoms with Gasteiger partial charge in [-0.25, -0.2) is 14.9 Å². The monoisotopic (exact) mass is 383 g/mol. The molecule has 8 nitrogen and oxygen atoms in total. The Hall–Kier alpha value is -1.26. The van der Waals surface area contributed by atoms with Crippen LogP contribution in [0.2, 0.25) is 5.15 Å². The number of hydrazine groups is 1. The van der Waals surface area contributed by atoms with E-state index in [-0.39, 0.29) is 0 Å². The highest BCUT2D eigenvalue weighted by Crippen LogP contribution is 2.32. The number of nitrogens with zero attached hydrogens (tertiary/aromatic N) is 5. The zero-order chi connectivity index (χ0) is 17.6. The van der Waals surface area contributed by atoms with Gasteiger partial charge in [-0.05, 0) is 43.7 Å². The molecule has 0 amide bonds. The summed E-state index contributed by atoms with van der Waals surface area (Å²) in [4.78, 5) is 6.61. The number of nitrogens with one attached hydrogen (secondary N) is 1. The lowest BCUT2D eigenvalue weighted by Gasteiger charge is -2.41. The highest BCUT2D eigenvalue weighted by Gasteiger charge is 2.31. The number of halogens is 1. The van der Waals surface area contributed by atoms with E-state index < -0.39 is 11.3 Å². The molecule has 136 valence electrons. The number of aromatic nitrogens is 3. The third-order valence-corrected chi connectivity index (χ3v) is 5.68. The van der Waals surface area contributed by atoms with E-state index in [0.717, 1.165) is 49.2 Å². The van der Waals surface area contributed by atoms with Crippen molar-refractivity contribution in [3.05, 3.63) is 23.1 Å². The van der Waals surface area contributed by atoms with Crippen LogP contribution >= 0.6 is 11.6 Å². The Kier molecular flexibility index (Phi) is 4.67. The Labute approximate surface area is 153 Å². The quantitative estimate of drug-likeness (QED) is 0.572. The third-order valence-electron chi connectivity index (χ3n) is 4.76. The molecule has 0 bridgehead atoms. The van der Waals surface area contributed by atoms with Crippen LogP contribution in [0, 0.1) is 12.8 Å². The lowest BCUT2D eigenvalue weighted by atomic mass is 9.96. The summed E-state index contributed by atoms with van der Waals surface area (Å²) in [6.07, 6.45) is 4.44. The van der Waals surface area contributed by atoms with Crippen molar-refractivity contribution in [1.29, 1.82) is 0 Å². The molecule has 0 aromatic carbocycles. The second-order valence-electron chi connectivity index (χ2n) is 6.78. The van der Waals surface area contributed by atoms with Crippen LogP contribution in [0.3, 0.4) is 0 Å². The van der Waals surface area contributed by atoms with Crippen molar-refractivity contribution in [1.82, 2.24) is 24.4 Å². The molecule has 0 spiro atoms. The van der Waals surface area contributed by atoms with Gasteiger partial charge >= 0.3 is 0 Å². The highest BCUT2D eigenvalue weighted by atomic mass is 35.5. The van der Waals surface area contributed by atoms with Gasteiger partial charge in [-0.1, -0.05) is 11.6 Å². The number of hydrogen-bond donors (Lipinski definition) is 1. The fraction of sp³-hybridized carbons (Fsp3) is 0.600. The van der Waals surface area contributed by atoms with Gasteiger partial charge in [-0.3, -0.25) is 4.21 Å². The summed E-state index contributed by atoms with van der Waals surface area (Å²) in [5.41, 5.74) is 5.02. The largest absolute Gasteiger partial charge is 0.759 e. The molecule has 1 N–H and O–H groups in total. The minimum absolute atomic E-state index is 0.326. The van der Waals surface area contributed by atoms with E-state index in [0.29, 0.717) is 23.7 Å². The molecule has 10 heteroatoms. The van der Waals surface area contributed by atoms with Crippen LogP contribution in [0.5, 0.6) is 0 Å². The Balaban J connectivity index is 1.36. The van der Waals surface area contributed by atoms with Crippen LogP contribution in [0.4, 0.5) is 5.82 Å². The van der Waals surface area contributed by atoms with Crippen LogP contribution in [-0.4, -0.2) is 53.5 Å². The van der Waals surface area contributed by atoms with Gasteiger partial charge in [0.1, 0.15) is 17.0 Å². The van der Waals surface area contributed by atoms with E-state index in [2.05, 4.69) is 20.4 Å². The average molecular weight is 384 g/mol. The molecule has 1 atom stereocenters. The molecule has 2 aromatic rings. The zero-order valence-corrected chi connectivity index (χ0v) is 15.5. The summed E-state index contributed by atoms with van der Waals surface area (Å²) in [6, 6.07) is 2.21. The van der Waals surface area contributed by atoms with Gasteiger partial charge in [0.2, 0.25) is 0 Å². The van der Waals surface area contributed by atoms with Gasteiger partial charge in [-0.2, -0.15) is 9.51 Å². The maximum absolute atomic E-state index is 11.3. The number of aryl methyl sites for hydroxylation is 1. The summed E-state index contributed by atoms with van der Waals surface area (Å²) in [7, 11) is 0. The molecule has 4 rings (SSSR count). The molecule has 1 unspecified atom stereocenters. The molecular formula is C15H20ClN6O2S-. The first-order chi connectivity index (χ1) is 12.0. The molecule has 3 heterocycles. The van der Waals surface area contributed by atoms with E-state index >= 15 is 0 Å². The fourth-order valence-corrected chi connectivity index (χ4v) is 4.00. The molecule has 2 aromatic heterocycles. The van der Waals surface area contributed by atoms with Gasteiger partial charge in [0.15, 0.2) is 5.82 Å². The Morgan fingerprint density at radius 3 is 2.92 bits per heavy atom. The van der Waals surface area contributed by atoms with Crippen LogP contribution in [-0.2, 0) is 11.3 Å². The van der Waals surface area contributed by atoms with E-state index in [1.165, 1.54) is 10.7 Å². The van der Waals surface area contributed by atoms with E-state index in [1.54, 1.807) is 4.52 Å². The van der Waals surface area contributed by atoms with Crippen molar-refractivity contribution in [3.63, 3.8) is 0 Å². The lowest BCUT2D eigenvalue weighted by Crippen LogP contribution is -2.50. The smallest absolute Gasteiger partial charge is 0.156 e. The van der Waals surface area contributed by atoms with E-state index in [4.69, 9.17) is 11.6 Å². The Bertz CT molecular complexity index is 805. The van der Waals surface area contributed by atoms with Crippen molar-refractivity contribution >= 4 is 34.2 Å². The predicted molar refractivity (Wildman–Crippen MR) is 94.8 cm³/mol. The summed E-state index contributed by atoms with van der Waals surface area (Å²) in [5.74, 6) is 1.34. The Morgan fingerprint density at radius 2 is 2.24 bits per heavy atom. The molecule has 2 fully saturated rings. The summed E-state index contributed by atoms with van der Waals surface area (Å²) >= 11 is 3.97. The van der Waals surface area contributed by atoms with Crippen LogP contribution in [0.25, 0.3) is 5.52 Å². The normalized spacial score (nSPS) is 19.6. The molecule has 25 heavy (non-hydrogen) atoms. The van der Waals surface area contributed by atoms with Crippen LogP contribution in [0.15, 0.2) is 12.4 Å². The summed E-state index contributed by atoms with van der Waals surface area (Å²) < 4.78 is 25.6. The first kappa shape index (κ1) is 17.2. The fourth-order valence-electron chi connectivity index (χ4n) is 3.21. The van der Waals surface area contributed by atoms with Gasteiger partial charge in [0, 0.05) is 36.9 Å². The standard InChI is InChI=1S/C15H21ClN6O2S/c1-10-6-13(16)22-14(10)15(17-9-18-22)20-7-11(8-20)4-5-21(25(23)24)19-12-2-3-12/h6,9,11-12,19H,2-5,7-8H2,1H3,(H,23,24)/p-1. The first-order valence-electron chi connectivity index (χ1n) is 8.40. The van der Waals surface area contributed by atoms with Crippen molar-refractivity contribution in [2.24, 2.45) is 5.92 Å². The topological polar surface area (TPSA) is 88.8 Å². The third kappa shape index (κ3) is 3.52. The molecule has 1 saturated heterocycles. The molecule has 1 aliphatic heterocycles. The summed E-state index contributed by atoms with van der Waals surface area (Å²) in [5, 5.41) is 4.77. The predicted octanol–water partition coefficient (Wildman–Crippen LogP) is 1.28. The minimum Gasteiger partial charge on any atom is -0.759 e. The molecule has 0 radical (unpaired) electrons. The second kappa shape index (κ2) is 6.81. The number of fused-ring (bicyclic) bond motifs is 1. The van der Waals surface area contributed by atoms with E-state index in [9.17, 15) is 8.76 Å². The Morgan fingerprint density at radius 1 is 1.48 bits per heavy atom. The molecule has 1 aliphatic carbocycles. The number of hydrogen-bond acceptors (Lipinski definition) is 6. The van der Waals surface area contributed by atoms with Crippen molar-refractivity contribution < 1.29 is 8.76 Å². The van der Waals surface area contributed by atoms with Crippen molar-refractivity contribution in [2.45, 2.75) is 32.2 Å². The van der Waals surface area contributed by atoms with Crippen molar-refractivity contribution in [3.8, 4) is 0 Å². The molecule has 1 saturated carbocycles. The van der Waals surface area contributed by atoms with Crippen molar-refractivity contribution in [2.75, 3.05) is 24.5 Å². The van der Waals surface area contributed by atoms with Gasteiger partial charge in [-0.15, -0.1) is 0 Å². The van der Waals surface area contributed by atoms with E-state index in [1.807, 2.05) is 13.0 Å². The van der Waals surface area contributed by atoms with Gasteiger partial charge < -0.3 is 9.45 Å². The maximum atomic E-state index is 11.3. The average Bonchev–Trinajstić information content (AvgIpc) is 3.30.